The van der Waals surface area contributed by atoms with Crippen molar-refractivity contribution in [2.75, 3.05) is 0 Å². The van der Waals surface area contributed by atoms with Crippen molar-refractivity contribution in [2.24, 2.45) is 0 Å². The maximum Gasteiger partial charge on any atom is 0.0780 e. The molecular formula is C29H32N2O. The van der Waals surface area contributed by atoms with E-state index in [0.29, 0.717) is 5.92 Å². The molecule has 3 heteroatoms. The zero-order valence-electron chi connectivity index (χ0n) is 19.6. The number of pyridine rings is 2. The molecule has 0 radical (unpaired) electrons. The van der Waals surface area contributed by atoms with E-state index in [2.05, 4.69) is 68.2 Å². The first-order valence-corrected chi connectivity index (χ1v) is 11.4. The molecule has 2 aromatic carbocycles. The minimum absolute atomic E-state index is 0.0578. The summed E-state index contributed by atoms with van der Waals surface area (Å²) in [5, 5.41) is 12.2. The number of hydrogen-bond acceptors (Lipinski definition) is 3. The fourth-order valence-electron chi connectivity index (χ4n) is 4.83. The van der Waals surface area contributed by atoms with Crippen molar-refractivity contribution >= 4 is 10.9 Å². The second kappa shape index (κ2) is 8.84. The van der Waals surface area contributed by atoms with Crippen LogP contribution in [-0.4, -0.2) is 20.7 Å². The molecule has 0 aliphatic rings. The third kappa shape index (κ3) is 4.44. The molecule has 4 aromatic rings. The molecule has 0 aliphatic heterocycles. The van der Waals surface area contributed by atoms with Crippen LogP contribution in [0.15, 0.2) is 79.3 Å². The van der Waals surface area contributed by atoms with Crippen molar-refractivity contribution in [3.8, 4) is 11.1 Å². The van der Waals surface area contributed by atoms with Gasteiger partial charge in [-0.05, 0) is 78.3 Å². The molecule has 3 nitrogen and oxygen atoms in total. The number of aliphatic hydroxyl groups is 1. The van der Waals surface area contributed by atoms with Gasteiger partial charge in [-0.25, -0.2) is 0 Å². The SMILES string of the molecule is CC(C)c1cc(-c2cccc(C(C)C(c3ccncc3)C(C)(C)O)c2)c2ncccc2c1. The van der Waals surface area contributed by atoms with E-state index in [9.17, 15) is 5.11 Å². The number of aromatic nitrogens is 2. The monoisotopic (exact) mass is 424 g/mol. The van der Waals surface area contributed by atoms with E-state index in [1.54, 1.807) is 12.4 Å². The zero-order valence-corrected chi connectivity index (χ0v) is 19.6. The average molecular weight is 425 g/mol. The van der Waals surface area contributed by atoms with Crippen LogP contribution in [-0.2, 0) is 0 Å². The van der Waals surface area contributed by atoms with Crippen LogP contribution in [0, 0.1) is 0 Å². The highest BCUT2D eigenvalue weighted by atomic mass is 16.3. The standard InChI is InChI=1S/C29H32N2O/c1-19(2)25-17-24-10-7-13-31-28(24)26(18-25)23-9-6-8-22(16-23)20(3)27(29(4,5)32)21-11-14-30-15-12-21/h6-20,27,32H,1-5H3. The molecule has 2 atom stereocenters. The maximum atomic E-state index is 11.1. The van der Waals surface area contributed by atoms with E-state index in [1.807, 2.05) is 38.2 Å². The van der Waals surface area contributed by atoms with Gasteiger partial charge in [-0.2, -0.15) is 0 Å². The van der Waals surface area contributed by atoms with E-state index in [0.717, 1.165) is 22.2 Å². The van der Waals surface area contributed by atoms with Crippen molar-refractivity contribution in [2.45, 2.75) is 58.0 Å². The summed E-state index contributed by atoms with van der Waals surface area (Å²) in [6.07, 6.45) is 5.46. The molecule has 164 valence electrons. The van der Waals surface area contributed by atoms with Gasteiger partial charge in [0.2, 0.25) is 0 Å². The molecule has 0 fully saturated rings. The number of rotatable bonds is 6. The lowest BCUT2D eigenvalue weighted by Gasteiger charge is -2.35. The van der Waals surface area contributed by atoms with Crippen LogP contribution in [0.2, 0.25) is 0 Å². The normalized spacial score (nSPS) is 14.0. The summed E-state index contributed by atoms with van der Waals surface area (Å²) < 4.78 is 0. The number of benzene rings is 2. The van der Waals surface area contributed by atoms with E-state index < -0.39 is 5.60 Å². The molecule has 2 heterocycles. The first-order valence-electron chi connectivity index (χ1n) is 11.4. The summed E-state index contributed by atoms with van der Waals surface area (Å²) in [5.74, 6) is 0.495. The van der Waals surface area contributed by atoms with Crippen molar-refractivity contribution < 1.29 is 5.11 Å². The second-order valence-electron chi connectivity index (χ2n) is 9.62. The Balaban J connectivity index is 1.82. The third-order valence-corrected chi connectivity index (χ3v) is 6.44. The lowest BCUT2D eigenvalue weighted by Crippen LogP contribution is -2.32. The highest BCUT2D eigenvalue weighted by Crippen LogP contribution is 2.41. The Morgan fingerprint density at radius 3 is 2.22 bits per heavy atom. The number of fused-ring (bicyclic) bond motifs is 1. The van der Waals surface area contributed by atoms with Gasteiger partial charge in [-0.1, -0.05) is 51.1 Å². The molecule has 1 N–H and O–H groups in total. The summed E-state index contributed by atoms with van der Waals surface area (Å²) in [4.78, 5) is 8.87. The van der Waals surface area contributed by atoms with Crippen molar-refractivity contribution in [1.29, 1.82) is 0 Å². The van der Waals surface area contributed by atoms with Crippen LogP contribution < -0.4 is 0 Å². The van der Waals surface area contributed by atoms with E-state index >= 15 is 0 Å². The van der Waals surface area contributed by atoms with Crippen molar-refractivity contribution in [3.05, 3.63) is 95.9 Å². The fraction of sp³-hybridized carbons (Fsp3) is 0.310. The molecule has 2 aromatic heterocycles. The Bertz CT molecular complexity index is 1210. The van der Waals surface area contributed by atoms with Gasteiger partial charge in [0.15, 0.2) is 0 Å². The Hall–Kier alpha value is -3.04. The fourth-order valence-corrected chi connectivity index (χ4v) is 4.83. The molecular weight excluding hydrogens is 392 g/mol. The first kappa shape index (κ1) is 22.2. The van der Waals surface area contributed by atoms with Gasteiger partial charge in [0.1, 0.15) is 0 Å². The first-order chi connectivity index (χ1) is 15.3. The zero-order chi connectivity index (χ0) is 22.9. The van der Waals surface area contributed by atoms with Gasteiger partial charge < -0.3 is 5.11 Å². The summed E-state index contributed by atoms with van der Waals surface area (Å²) in [5.41, 5.74) is 6.07. The van der Waals surface area contributed by atoms with Crippen molar-refractivity contribution in [1.82, 2.24) is 9.97 Å². The molecule has 2 unspecified atom stereocenters. The minimum Gasteiger partial charge on any atom is -0.390 e. The topological polar surface area (TPSA) is 46.0 Å². The summed E-state index contributed by atoms with van der Waals surface area (Å²) in [6.45, 7) is 10.4. The Labute approximate surface area is 191 Å². The molecule has 0 aliphatic carbocycles. The lowest BCUT2D eigenvalue weighted by atomic mass is 9.73. The average Bonchev–Trinajstić information content (AvgIpc) is 2.78. The van der Waals surface area contributed by atoms with Gasteiger partial charge >= 0.3 is 0 Å². The van der Waals surface area contributed by atoms with Gasteiger partial charge in [-0.15, -0.1) is 0 Å². The highest BCUT2D eigenvalue weighted by Gasteiger charge is 2.34. The molecule has 0 amide bonds. The molecule has 0 saturated heterocycles. The van der Waals surface area contributed by atoms with Crippen LogP contribution in [0.4, 0.5) is 0 Å². The van der Waals surface area contributed by atoms with Crippen molar-refractivity contribution in [3.63, 3.8) is 0 Å². The molecule has 0 bridgehead atoms. The number of hydrogen-bond donors (Lipinski definition) is 1. The van der Waals surface area contributed by atoms with Crippen LogP contribution >= 0.6 is 0 Å². The Morgan fingerprint density at radius 1 is 0.781 bits per heavy atom. The van der Waals surface area contributed by atoms with E-state index in [1.165, 1.54) is 16.5 Å². The molecule has 0 spiro atoms. The second-order valence-corrected chi connectivity index (χ2v) is 9.62. The minimum atomic E-state index is -0.872. The predicted octanol–water partition coefficient (Wildman–Crippen LogP) is 7.08. The van der Waals surface area contributed by atoms with Gasteiger partial charge in [0.25, 0.3) is 0 Å². The Kier molecular flexibility index (Phi) is 6.12. The summed E-state index contributed by atoms with van der Waals surface area (Å²) in [7, 11) is 0. The van der Waals surface area contributed by atoms with E-state index in [4.69, 9.17) is 4.98 Å². The van der Waals surface area contributed by atoms with E-state index in [-0.39, 0.29) is 11.8 Å². The smallest absolute Gasteiger partial charge is 0.0780 e. The predicted molar refractivity (Wildman–Crippen MR) is 133 cm³/mol. The third-order valence-electron chi connectivity index (χ3n) is 6.44. The quantitative estimate of drug-likeness (QED) is 0.360. The van der Waals surface area contributed by atoms with Gasteiger partial charge in [0.05, 0.1) is 11.1 Å². The maximum absolute atomic E-state index is 11.1. The van der Waals surface area contributed by atoms with Crippen LogP contribution in [0.3, 0.4) is 0 Å². The molecule has 4 rings (SSSR count). The largest absolute Gasteiger partial charge is 0.390 e. The number of nitrogens with zero attached hydrogens (tertiary/aromatic N) is 2. The summed E-state index contributed by atoms with van der Waals surface area (Å²) >= 11 is 0. The summed E-state index contributed by atoms with van der Waals surface area (Å²) in [6, 6.07) is 21.4. The molecule has 0 saturated carbocycles. The van der Waals surface area contributed by atoms with Crippen LogP contribution in [0.1, 0.15) is 69.1 Å². The molecule has 32 heavy (non-hydrogen) atoms. The lowest BCUT2D eigenvalue weighted by molar-refractivity contribution is 0.0415. The van der Waals surface area contributed by atoms with Crippen LogP contribution in [0.5, 0.6) is 0 Å². The van der Waals surface area contributed by atoms with Gasteiger partial charge in [0, 0.05) is 35.5 Å². The highest BCUT2D eigenvalue weighted by molar-refractivity contribution is 5.94. The van der Waals surface area contributed by atoms with Crippen LogP contribution in [0.25, 0.3) is 22.0 Å². The van der Waals surface area contributed by atoms with Gasteiger partial charge in [-0.3, -0.25) is 9.97 Å². The Morgan fingerprint density at radius 2 is 1.53 bits per heavy atom.